The molecule has 0 amide bonds. The van der Waals surface area contributed by atoms with Gasteiger partial charge in [0.15, 0.2) is 5.65 Å². The average molecular weight is 544 g/mol. The van der Waals surface area contributed by atoms with Crippen LogP contribution in [-0.4, -0.2) is 26.1 Å². The lowest BCUT2D eigenvalue weighted by Gasteiger charge is -2.13. The number of imidazole rings is 1. The van der Waals surface area contributed by atoms with Crippen molar-refractivity contribution in [3.8, 4) is 28.7 Å². The van der Waals surface area contributed by atoms with Crippen molar-refractivity contribution >= 4 is 40.4 Å². The van der Waals surface area contributed by atoms with E-state index < -0.39 is 11.7 Å². The third-order valence-corrected chi connectivity index (χ3v) is 6.59. The third kappa shape index (κ3) is 4.85. The fourth-order valence-electron chi connectivity index (χ4n) is 3.93. The summed E-state index contributed by atoms with van der Waals surface area (Å²) in [5.41, 5.74) is 0.967. The second-order valence-corrected chi connectivity index (χ2v) is 9.51. The summed E-state index contributed by atoms with van der Waals surface area (Å²) in [5, 5.41) is 4.37. The number of halogens is 6. The number of rotatable bonds is 5. The van der Waals surface area contributed by atoms with Gasteiger partial charge in [-0.05, 0) is 37.3 Å². The normalized spacial score (nSPS) is 16.4. The van der Waals surface area contributed by atoms with E-state index >= 15 is 0 Å². The molecule has 0 N–H and O–H groups in total. The molecule has 1 aromatic carbocycles. The Morgan fingerprint density at radius 2 is 1.89 bits per heavy atom. The number of ether oxygens (including phenoxy) is 1. The Balaban J connectivity index is 1.40. The lowest BCUT2D eigenvalue weighted by Crippen LogP contribution is -2.08. The van der Waals surface area contributed by atoms with Gasteiger partial charge in [-0.3, -0.25) is 0 Å². The van der Waals surface area contributed by atoms with E-state index in [0.717, 1.165) is 35.9 Å². The molecule has 1 aliphatic carbocycles. The van der Waals surface area contributed by atoms with E-state index in [-0.39, 0.29) is 28.1 Å². The summed E-state index contributed by atoms with van der Waals surface area (Å²) in [6.45, 7) is 4.51. The molecule has 1 atom stereocenters. The smallest absolute Gasteiger partial charge is 0.417 e. The summed E-state index contributed by atoms with van der Waals surface area (Å²) < 4.78 is 51.6. The van der Waals surface area contributed by atoms with Crippen LogP contribution in [0.3, 0.4) is 0 Å². The lowest BCUT2D eigenvalue weighted by atomic mass is 10.1. The van der Waals surface area contributed by atoms with Gasteiger partial charge in [0.1, 0.15) is 11.4 Å². The minimum Gasteiger partial charge on any atom is -0.492 e. The van der Waals surface area contributed by atoms with Crippen molar-refractivity contribution in [3.63, 3.8) is 0 Å². The zero-order valence-corrected chi connectivity index (χ0v) is 20.1. The van der Waals surface area contributed by atoms with Crippen molar-refractivity contribution in [2.24, 2.45) is 5.92 Å². The zero-order chi connectivity index (χ0) is 24.9. The van der Waals surface area contributed by atoms with E-state index in [1.54, 1.807) is 12.1 Å². The molecule has 1 aliphatic rings. The van der Waals surface area contributed by atoms with Crippen LogP contribution in [0.5, 0.6) is 5.75 Å². The number of pyridine rings is 1. The van der Waals surface area contributed by atoms with Crippen LogP contribution in [0.25, 0.3) is 28.6 Å². The highest BCUT2D eigenvalue weighted by molar-refractivity contribution is 6.36. The molecule has 3 aromatic heterocycles. The van der Waals surface area contributed by atoms with Crippen LogP contribution in [0.1, 0.15) is 24.8 Å². The maximum absolute atomic E-state index is 13.1. The number of alkyl halides is 3. The van der Waals surface area contributed by atoms with Crippen molar-refractivity contribution in [2.45, 2.75) is 25.4 Å². The van der Waals surface area contributed by atoms with Crippen LogP contribution in [0.15, 0.2) is 47.3 Å². The zero-order valence-electron chi connectivity index (χ0n) is 17.9. The Labute approximate surface area is 212 Å². The van der Waals surface area contributed by atoms with Crippen LogP contribution in [0, 0.1) is 5.92 Å². The van der Waals surface area contributed by atoms with Crippen molar-refractivity contribution in [1.29, 1.82) is 0 Å². The monoisotopic (exact) mass is 542 g/mol. The van der Waals surface area contributed by atoms with Crippen molar-refractivity contribution in [1.82, 2.24) is 19.5 Å². The Morgan fingerprint density at radius 3 is 2.60 bits per heavy atom. The van der Waals surface area contributed by atoms with Crippen molar-refractivity contribution in [2.75, 3.05) is 6.61 Å². The Bertz CT molecular complexity index is 1450. The van der Waals surface area contributed by atoms with Gasteiger partial charge >= 0.3 is 6.18 Å². The molecule has 0 unspecified atom stereocenters. The lowest BCUT2D eigenvalue weighted by molar-refractivity contribution is -0.137. The van der Waals surface area contributed by atoms with Gasteiger partial charge in [0, 0.05) is 24.0 Å². The number of allylic oxidation sites excluding steroid dienone is 1. The van der Waals surface area contributed by atoms with Crippen LogP contribution < -0.4 is 4.74 Å². The van der Waals surface area contributed by atoms with Gasteiger partial charge in [-0.1, -0.05) is 52.1 Å². The minimum atomic E-state index is -4.56. The topological polar surface area (TPSA) is 65.5 Å². The fourth-order valence-corrected chi connectivity index (χ4v) is 4.65. The van der Waals surface area contributed by atoms with Gasteiger partial charge in [0.05, 0.1) is 27.2 Å². The van der Waals surface area contributed by atoms with Crippen LogP contribution in [0.2, 0.25) is 15.1 Å². The Morgan fingerprint density at radius 1 is 1.09 bits per heavy atom. The predicted molar refractivity (Wildman–Crippen MR) is 126 cm³/mol. The van der Waals surface area contributed by atoms with Crippen LogP contribution in [0.4, 0.5) is 13.2 Å². The number of nitrogens with zero attached hydrogens (tertiary/aromatic N) is 4. The SMILES string of the molecule is C=C1CC[C@H](COc2cc(Cl)c(-c3noc(-c4cn5cc(C(F)(F)F)cc(Cl)c5n4)n3)cc2Cl)C1. The standard InChI is InChI=1S/C23H16Cl3F3N4O2/c1-11-2-3-12(4-11)10-34-19-7-15(24)14(6-16(19)25)20-31-22(35-32-20)18-9-33-8-13(23(27,28)29)5-17(26)21(33)30-18/h5-9,12H,1-4,10H2/t12-/m0/s1. The van der Waals surface area contributed by atoms with Gasteiger partial charge < -0.3 is 13.7 Å². The number of benzene rings is 1. The van der Waals surface area contributed by atoms with Crippen LogP contribution >= 0.6 is 34.8 Å². The number of fused-ring (bicyclic) bond motifs is 1. The van der Waals surface area contributed by atoms with E-state index in [1.807, 2.05) is 0 Å². The number of hydrogen-bond donors (Lipinski definition) is 0. The van der Waals surface area contributed by atoms with E-state index in [1.165, 1.54) is 11.8 Å². The first-order chi connectivity index (χ1) is 16.6. The molecule has 6 nitrogen and oxygen atoms in total. The highest BCUT2D eigenvalue weighted by Gasteiger charge is 2.32. The Hall–Kier alpha value is -2.75. The Kier molecular flexibility index (Phi) is 6.19. The molecule has 4 aromatic rings. The fraction of sp³-hybridized carbons (Fsp3) is 0.261. The first-order valence-electron chi connectivity index (χ1n) is 10.5. The summed E-state index contributed by atoms with van der Waals surface area (Å²) in [6, 6.07) is 3.96. The molecule has 1 fully saturated rings. The highest BCUT2D eigenvalue weighted by Crippen LogP contribution is 2.38. The summed E-state index contributed by atoms with van der Waals surface area (Å²) in [6.07, 6.45) is 0.602. The summed E-state index contributed by atoms with van der Waals surface area (Å²) in [4.78, 5) is 8.50. The summed E-state index contributed by atoms with van der Waals surface area (Å²) in [7, 11) is 0. The van der Waals surface area contributed by atoms with Gasteiger partial charge in [0.2, 0.25) is 5.82 Å². The maximum Gasteiger partial charge on any atom is 0.417 e. The summed E-state index contributed by atoms with van der Waals surface area (Å²) >= 11 is 18.8. The largest absolute Gasteiger partial charge is 0.492 e. The van der Waals surface area contributed by atoms with Crippen molar-refractivity contribution < 1.29 is 22.4 Å². The molecular formula is C23H16Cl3F3N4O2. The molecular weight excluding hydrogens is 528 g/mol. The molecule has 182 valence electrons. The second kappa shape index (κ2) is 9.04. The molecule has 5 rings (SSSR count). The van der Waals surface area contributed by atoms with Gasteiger partial charge in [-0.15, -0.1) is 0 Å². The molecule has 0 bridgehead atoms. The van der Waals surface area contributed by atoms with E-state index in [2.05, 4.69) is 21.7 Å². The number of hydrogen-bond acceptors (Lipinski definition) is 5. The highest BCUT2D eigenvalue weighted by atomic mass is 35.5. The number of aromatic nitrogens is 4. The molecule has 1 saturated carbocycles. The van der Waals surface area contributed by atoms with Gasteiger partial charge in [0.25, 0.3) is 5.89 Å². The van der Waals surface area contributed by atoms with Crippen LogP contribution in [-0.2, 0) is 6.18 Å². The van der Waals surface area contributed by atoms with Crippen molar-refractivity contribution in [3.05, 3.63) is 63.4 Å². The molecule has 35 heavy (non-hydrogen) atoms. The molecule has 0 spiro atoms. The minimum absolute atomic E-state index is 0.0256. The second-order valence-electron chi connectivity index (χ2n) is 8.29. The average Bonchev–Trinajstić information content (AvgIpc) is 3.52. The molecule has 3 heterocycles. The first-order valence-corrected chi connectivity index (χ1v) is 11.6. The maximum atomic E-state index is 13.1. The van der Waals surface area contributed by atoms with E-state index in [9.17, 15) is 13.2 Å². The first kappa shape index (κ1) is 24.0. The predicted octanol–water partition coefficient (Wildman–Crippen LogP) is 7.77. The van der Waals surface area contributed by atoms with Gasteiger partial charge in [-0.25, -0.2) is 4.98 Å². The molecule has 0 radical (unpaired) electrons. The van der Waals surface area contributed by atoms with Gasteiger partial charge in [-0.2, -0.15) is 18.2 Å². The third-order valence-electron chi connectivity index (χ3n) is 5.70. The molecule has 12 heteroatoms. The quantitative estimate of drug-likeness (QED) is 0.241. The summed E-state index contributed by atoms with van der Waals surface area (Å²) in [5.74, 6) is 0.937. The van der Waals surface area contributed by atoms with E-state index in [0.29, 0.717) is 33.9 Å². The van der Waals surface area contributed by atoms with E-state index in [4.69, 9.17) is 44.1 Å². The molecule has 0 aliphatic heterocycles. The molecule has 0 saturated heterocycles.